The minimum absolute atomic E-state index is 0.0750. The van der Waals surface area contributed by atoms with Crippen molar-refractivity contribution in [1.29, 1.82) is 0 Å². The molecule has 0 aromatic carbocycles. The van der Waals surface area contributed by atoms with Gasteiger partial charge in [0.2, 0.25) is 0 Å². The highest BCUT2D eigenvalue weighted by molar-refractivity contribution is 5.71. The molecule has 0 amide bonds. The minimum atomic E-state index is -0.162. The van der Waals surface area contributed by atoms with Crippen LogP contribution in [0.25, 0.3) is 0 Å². The van der Waals surface area contributed by atoms with Gasteiger partial charge < -0.3 is 9.47 Å². The molecule has 2 rings (SSSR count). The van der Waals surface area contributed by atoms with Gasteiger partial charge in [-0.2, -0.15) is 0 Å². The van der Waals surface area contributed by atoms with Crippen molar-refractivity contribution in [2.45, 2.75) is 92.3 Å². The maximum absolute atomic E-state index is 12.4. The summed E-state index contributed by atoms with van der Waals surface area (Å²) in [4.78, 5) is 12.4. The van der Waals surface area contributed by atoms with Crippen LogP contribution in [0.5, 0.6) is 0 Å². The Morgan fingerprint density at radius 1 is 0.840 bits per heavy atom. The normalized spacial score (nSPS) is 36.6. The molecule has 0 radical (unpaired) electrons. The molecule has 6 unspecified atom stereocenters. The molecule has 3 nitrogen and oxygen atoms in total. The van der Waals surface area contributed by atoms with Crippen molar-refractivity contribution in [2.24, 2.45) is 35.5 Å². The summed E-state index contributed by atoms with van der Waals surface area (Å²) in [5, 5.41) is 0. The Morgan fingerprint density at radius 3 is 1.84 bits per heavy atom. The second kappa shape index (κ2) is 9.39. The van der Waals surface area contributed by atoms with Crippen molar-refractivity contribution in [3.8, 4) is 0 Å². The first-order valence-electron chi connectivity index (χ1n) is 10.6. The Balaban J connectivity index is 1.86. The van der Waals surface area contributed by atoms with Gasteiger partial charge in [0.05, 0.1) is 6.10 Å². The number of hydrogen-bond acceptors (Lipinski definition) is 3. The van der Waals surface area contributed by atoms with Gasteiger partial charge in [-0.15, -0.1) is 0 Å². The van der Waals surface area contributed by atoms with Crippen LogP contribution in [-0.2, 0) is 14.3 Å². The maximum Gasteiger partial charge on any atom is 0.332 e. The number of rotatable bonds is 6. The molecule has 2 aliphatic carbocycles. The predicted molar refractivity (Wildman–Crippen MR) is 102 cm³/mol. The third-order valence-corrected chi connectivity index (χ3v) is 6.62. The van der Waals surface area contributed by atoms with Gasteiger partial charge in [-0.05, 0) is 61.2 Å². The minimum Gasteiger partial charge on any atom is -0.460 e. The van der Waals surface area contributed by atoms with E-state index in [1.165, 1.54) is 25.7 Å². The molecule has 2 aliphatic rings. The molecule has 146 valence electrons. The van der Waals surface area contributed by atoms with Crippen LogP contribution in [0.2, 0.25) is 0 Å². The van der Waals surface area contributed by atoms with Gasteiger partial charge in [-0.3, -0.25) is 0 Å². The molecule has 2 saturated carbocycles. The molecule has 2 fully saturated rings. The number of hydrogen-bond donors (Lipinski definition) is 0. The maximum atomic E-state index is 12.4. The lowest BCUT2D eigenvalue weighted by molar-refractivity contribution is -0.166. The highest BCUT2D eigenvalue weighted by Crippen LogP contribution is 2.37. The molecule has 25 heavy (non-hydrogen) atoms. The lowest BCUT2D eigenvalue weighted by atomic mass is 9.75. The van der Waals surface area contributed by atoms with E-state index in [4.69, 9.17) is 9.47 Å². The van der Waals surface area contributed by atoms with E-state index in [1.807, 2.05) is 0 Å². The van der Waals surface area contributed by atoms with Gasteiger partial charge in [0, 0.05) is 0 Å². The van der Waals surface area contributed by atoms with E-state index >= 15 is 0 Å². The van der Waals surface area contributed by atoms with Crippen LogP contribution in [0.1, 0.15) is 80.1 Å². The Bertz CT molecular complexity index is 417. The molecule has 3 heteroatoms. The van der Waals surface area contributed by atoms with Crippen LogP contribution in [0.15, 0.2) is 0 Å². The number of esters is 1. The molecule has 0 bridgehead atoms. The first kappa shape index (κ1) is 20.7. The zero-order valence-corrected chi connectivity index (χ0v) is 17.3. The van der Waals surface area contributed by atoms with Crippen LogP contribution in [0.4, 0.5) is 0 Å². The van der Waals surface area contributed by atoms with Crippen molar-refractivity contribution < 1.29 is 14.3 Å². The fourth-order valence-electron chi connectivity index (χ4n) is 4.93. The summed E-state index contributed by atoms with van der Waals surface area (Å²) in [6.45, 7) is 13.7. The predicted octanol–water partition coefficient (Wildman–Crippen LogP) is 5.47. The second-order valence-corrected chi connectivity index (χ2v) is 9.53. The largest absolute Gasteiger partial charge is 0.460 e. The Hall–Kier alpha value is -0.570. The molecule has 0 heterocycles. The van der Waals surface area contributed by atoms with E-state index in [1.54, 1.807) is 0 Å². The molecular formula is C22H40O3. The van der Waals surface area contributed by atoms with E-state index in [0.717, 1.165) is 12.8 Å². The molecule has 0 saturated heterocycles. The topological polar surface area (TPSA) is 35.5 Å². The van der Waals surface area contributed by atoms with E-state index in [9.17, 15) is 4.79 Å². The fraction of sp³-hybridized carbons (Fsp3) is 0.955. The van der Waals surface area contributed by atoms with Crippen molar-refractivity contribution in [3.63, 3.8) is 0 Å². The summed E-state index contributed by atoms with van der Waals surface area (Å²) in [6, 6.07) is 0. The molecule has 0 aliphatic heterocycles. The summed E-state index contributed by atoms with van der Waals surface area (Å²) in [5.74, 6) is 3.43. The Kier molecular flexibility index (Phi) is 7.79. The van der Waals surface area contributed by atoms with E-state index in [2.05, 4.69) is 41.5 Å². The lowest BCUT2D eigenvalue weighted by Crippen LogP contribution is -2.38. The monoisotopic (exact) mass is 352 g/mol. The molecule has 0 spiro atoms. The smallest absolute Gasteiger partial charge is 0.332 e. The second-order valence-electron chi connectivity index (χ2n) is 9.53. The van der Waals surface area contributed by atoms with E-state index < -0.39 is 0 Å². The lowest BCUT2D eigenvalue weighted by Gasteiger charge is -2.38. The zero-order chi connectivity index (χ0) is 18.6. The standard InChI is InChI=1S/C22H40O3/c1-14(2)18-9-7-16(5)11-20(18)24-13-22(23)25-21-12-17(6)8-10-19(21)15(3)4/h14-21H,7-13H2,1-6H3. The van der Waals surface area contributed by atoms with Crippen LogP contribution in [-0.4, -0.2) is 24.8 Å². The summed E-state index contributed by atoms with van der Waals surface area (Å²) in [7, 11) is 0. The summed E-state index contributed by atoms with van der Waals surface area (Å²) in [6.07, 6.45) is 7.29. The van der Waals surface area contributed by atoms with Gasteiger partial charge in [-0.25, -0.2) is 4.79 Å². The van der Waals surface area contributed by atoms with Crippen LogP contribution in [0.3, 0.4) is 0 Å². The van der Waals surface area contributed by atoms with Crippen LogP contribution >= 0.6 is 0 Å². The number of ether oxygens (including phenoxy) is 2. The van der Waals surface area contributed by atoms with Crippen LogP contribution in [0, 0.1) is 35.5 Å². The first-order valence-corrected chi connectivity index (χ1v) is 10.6. The quantitative estimate of drug-likeness (QED) is 0.595. The molecule has 0 aromatic heterocycles. The van der Waals surface area contributed by atoms with Crippen molar-refractivity contribution in [2.75, 3.05) is 6.61 Å². The molecular weight excluding hydrogens is 312 g/mol. The zero-order valence-electron chi connectivity index (χ0n) is 17.3. The first-order chi connectivity index (χ1) is 11.8. The number of carbonyl (C=O) groups excluding carboxylic acids is 1. The van der Waals surface area contributed by atoms with E-state index in [-0.39, 0.29) is 24.8 Å². The third-order valence-electron chi connectivity index (χ3n) is 6.62. The highest BCUT2D eigenvalue weighted by Gasteiger charge is 2.35. The van der Waals surface area contributed by atoms with Crippen LogP contribution < -0.4 is 0 Å². The summed E-state index contributed by atoms with van der Waals surface area (Å²) >= 11 is 0. The van der Waals surface area contributed by atoms with Gasteiger partial charge >= 0.3 is 5.97 Å². The third kappa shape index (κ3) is 5.98. The average molecular weight is 353 g/mol. The van der Waals surface area contributed by atoms with Crippen molar-refractivity contribution in [1.82, 2.24) is 0 Å². The van der Waals surface area contributed by atoms with E-state index in [0.29, 0.717) is 35.5 Å². The fourth-order valence-corrected chi connectivity index (χ4v) is 4.93. The molecule has 0 aromatic rings. The summed E-state index contributed by atoms with van der Waals surface area (Å²) in [5.41, 5.74) is 0. The SMILES string of the molecule is CC1CCC(C(C)C)C(OCC(=O)OC2CC(C)CCC2C(C)C)C1. The Morgan fingerprint density at radius 2 is 1.32 bits per heavy atom. The summed E-state index contributed by atoms with van der Waals surface area (Å²) < 4.78 is 12.0. The molecule has 0 N–H and O–H groups in total. The van der Waals surface area contributed by atoms with Gasteiger partial charge in [0.1, 0.15) is 12.7 Å². The number of carbonyl (C=O) groups is 1. The van der Waals surface area contributed by atoms with Gasteiger partial charge in [-0.1, -0.05) is 54.4 Å². The van der Waals surface area contributed by atoms with Gasteiger partial charge in [0.25, 0.3) is 0 Å². The van der Waals surface area contributed by atoms with Crippen molar-refractivity contribution in [3.05, 3.63) is 0 Å². The Labute approximate surface area is 155 Å². The van der Waals surface area contributed by atoms with Crippen molar-refractivity contribution >= 4 is 5.97 Å². The average Bonchev–Trinajstić information content (AvgIpc) is 2.52. The molecule has 6 atom stereocenters. The highest BCUT2D eigenvalue weighted by atomic mass is 16.6. The van der Waals surface area contributed by atoms with Gasteiger partial charge in [0.15, 0.2) is 0 Å².